The van der Waals surface area contributed by atoms with E-state index >= 15 is 0 Å². The SMILES string of the molecule is CC(C)[CH-]CC(C)C.[Rb+]. The molecule has 0 nitrogen and oxygen atoms in total. The number of hydrogen-bond acceptors (Lipinski definition) is 0. The van der Waals surface area contributed by atoms with Crippen LogP contribution in [0.3, 0.4) is 0 Å². The zero-order chi connectivity index (χ0) is 6.57. The molecule has 0 rings (SSSR count). The molecule has 0 aromatic heterocycles. The molecule has 0 aliphatic heterocycles. The minimum atomic E-state index is 0. The Balaban J connectivity index is 0. The van der Waals surface area contributed by atoms with Gasteiger partial charge in [-0.1, -0.05) is 33.6 Å². The van der Waals surface area contributed by atoms with Gasteiger partial charge in [-0.25, -0.2) is 0 Å². The molecule has 0 spiro atoms. The van der Waals surface area contributed by atoms with Gasteiger partial charge in [-0.05, 0) is 0 Å². The molecule has 0 aliphatic carbocycles. The van der Waals surface area contributed by atoms with Crippen LogP contribution in [0.1, 0.15) is 34.1 Å². The van der Waals surface area contributed by atoms with Crippen molar-refractivity contribution in [2.45, 2.75) is 34.1 Å². The maximum Gasteiger partial charge on any atom is 1.00 e. The third-order valence-electron chi connectivity index (χ3n) is 1.08. The molecule has 0 heterocycles. The smallest absolute Gasteiger partial charge is 0.326 e. The predicted octanol–water partition coefficient (Wildman–Crippen LogP) is -0.103. The monoisotopic (exact) mass is 198 g/mol. The Morgan fingerprint density at radius 1 is 1.11 bits per heavy atom. The van der Waals surface area contributed by atoms with Crippen molar-refractivity contribution in [1.82, 2.24) is 0 Å². The third-order valence-corrected chi connectivity index (χ3v) is 1.08. The quantitative estimate of drug-likeness (QED) is 0.556. The zero-order valence-electron chi connectivity index (χ0n) is 7.44. The number of hydrogen-bond donors (Lipinski definition) is 0. The Morgan fingerprint density at radius 3 is 1.67 bits per heavy atom. The first-order valence-corrected chi connectivity index (χ1v) is 3.46. The van der Waals surface area contributed by atoms with Gasteiger partial charge in [0, 0.05) is 0 Å². The normalized spacial score (nSPS) is 10.0. The van der Waals surface area contributed by atoms with Gasteiger partial charge in [0.15, 0.2) is 0 Å². The van der Waals surface area contributed by atoms with E-state index in [0.29, 0.717) is 0 Å². The molecule has 0 amide bonds. The molecule has 0 saturated carbocycles. The molecule has 0 unspecified atom stereocenters. The minimum absolute atomic E-state index is 0. The van der Waals surface area contributed by atoms with Crippen molar-refractivity contribution in [2.75, 3.05) is 0 Å². The van der Waals surface area contributed by atoms with Crippen molar-refractivity contribution in [3.8, 4) is 0 Å². The van der Waals surface area contributed by atoms with Gasteiger partial charge in [-0.3, -0.25) is 0 Å². The molecule has 0 bridgehead atoms. The van der Waals surface area contributed by atoms with Crippen LogP contribution in [0.5, 0.6) is 0 Å². The summed E-state index contributed by atoms with van der Waals surface area (Å²) in [4.78, 5) is 0. The van der Waals surface area contributed by atoms with E-state index < -0.39 is 0 Å². The van der Waals surface area contributed by atoms with Crippen molar-refractivity contribution >= 4 is 0 Å². The molecule has 1 heteroatoms. The molecular formula is C8H17Rb. The first-order chi connectivity index (χ1) is 3.63. The first kappa shape index (κ1) is 13.4. The third kappa shape index (κ3) is 12.9. The maximum absolute atomic E-state index is 2.37. The predicted molar refractivity (Wildman–Crippen MR) is 38.6 cm³/mol. The summed E-state index contributed by atoms with van der Waals surface area (Å²) in [5.74, 6) is 1.59. The van der Waals surface area contributed by atoms with Gasteiger partial charge >= 0.3 is 58.2 Å². The molecule has 0 N–H and O–H groups in total. The summed E-state index contributed by atoms with van der Waals surface area (Å²) in [6.07, 6.45) is 3.63. The van der Waals surface area contributed by atoms with Gasteiger partial charge < -0.3 is 6.42 Å². The van der Waals surface area contributed by atoms with E-state index in [1.165, 1.54) is 6.42 Å². The summed E-state index contributed by atoms with van der Waals surface area (Å²) in [5.41, 5.74) is 0. The molecule has 0 aliphatic rings. The molecule has 50 valence electrons. The van der Waals surface area contributed by atoms with Crippen molar-refractivity contribution in [2.24, 2.45) is 11.8 Å². The summed E-state index contributed by atoms with van der Waals surface area (Å²) < 4.78 is 0. The van der Waals surface area contributed by atoms with Crippen LogP contribution in [0.2, 0.25) is 0 Å². The van der Waals surface area contributed by atoms with Gasteiger partial charge in [0.25, 0.3) is 0 Å². The standard InChI is InChI=1S/C8H17.Rb/c1-7(2)5-6-8(3)4;/h5,7-8H,6H2,1-4H3;/q-1;+1. The van der Waals surface area contributed by atoms with Crippen LogP contribution in [0.15, 0.2) is 0 Å². The van der Waals surface area contributed by atoms with Crippen molar-refractivity contribution in [3.63, 3.8) is 0 Å². The zero-order valence-corrected chi connectivity index (χ0v) is 12.4. The molecule has 0 saturated heterocycles. The van der Waals surface area contributed by atoms with Crippen LogP contribution >= 0.6 is 0 Å². The topological polar surface area (TPSA) is 0 Å². The summed E-state index contributed by atoms with van der Waals surface area (Å²) in [6, 6.07) is 0. The summed E-state index contributed by atoms with van der Waals surface area (Å²) >= 11 is 0. The van der Waals surface area contributed by atoms with Gasteiger partial charge in [-0.2, -0.15) is 12.3 Å². The second-order valence-electron chi connectivity index (χ2n) is 3.11. The second-order valence-corrected chi connectivity index (χ2v) is 3.11. The summed E-state index contributed by atoms with van der Waals surface area (Å²) in [6.45, 7) is 8.95. The fraction of sp³-hybridized carbons (Fsp3) is 0.875. The van der Waals surface area contributed by atoms with E-state index in [1.807, 2.05) is 0 Å². The van der Waals surface area contributed by atoms with Gasteiger partial charge in [0.05, 0.1) is 0 Å². The Morgan fingerprint density at radius 2 is 1.56 bits per heavy atom. The van der Waals surface area contributed by atoms with Gasteiger partial charge in [-0.15, -0.1) is 0 Å². The van der Waals surface area contributed by atoms with E-state index in [2.05, 4.69) is 34.1 Å². The minimum Gasteiger partial charge on any atom is -0.326 e. The Hall–Kier alpha value is 1.81. The Bertz CT molecular complexity index is 40.5. The van der Waals surface area contributed by atoms with E-state index in [4.69, 9.17) is 0 Å². The number of rotatable bonds is 3. The molecule has 0 aromatic carbocycles. The van der Waals surface area contributed by atoms with E-state index in [1.54, 1.807) is 0 Å². The average Bonchev–Trinajstić information content (AvgIpc) is 1.61. The largest absolute Gasteiger partial charge is 1.00 e. The molecule has 0 fully saturated rings. The van der Waals surface area contributed by atoms with Gasteiger partial charge in [0.2, 0.25) is 0 Å². The van der Waals surface area contributed by atoms with Crippen molar-refractivity contribution in [3.05, 3.63) is 6.42 Å². The van der Waals surface area contributed by atoms with Crippen LogP contribution in [0.4, 0.5) is 0 Å². The fourth-order valence-corrected chi connectivity index (χ4v) is 0.544. The van der Waals surface area contributed by atoms with Crippen molar-refractivity contribution in [1.29, 1.82) is 0 Å². The maximum atomic E-state index is 2.37. The van der Waals surface area contributed by atoms with E-state index in [-0.39, 0.29) is 58.2 Å². The van der Waals surface area contributed by atoms with Crippen LogP contribution in [0, 0.1) is 18.3 Å². The first-order valence-electron chi connectivity index (χ1n) is 3.46. The Kier molecular flexibility index (Phi) is 11.8. The fourth-order valence-electron chi connectivity index (χ4n) is 0.544. The Labute approximate surface area is 109 Å². The van der Waals surface area contributed by atoms with E-state index in [9.17, 15) is 0 Å². The molecule has 0 atom stereocenters. The van der Waals surface area contributed by atoms with Crippen LogP contribution in [0.25, 0.3) is 0 Å². The molecule has 0 aromatic rings. The summed E-state index contributed by atoms with van der Waals surface area (Å²) in [5, 5.41) is 0. The van der Waals surface area contributed by atoms with Crippen LogP contribution < -0.4 is 58.2 Å². The molecule has 9 heavy (non-hydrogen) atoms. The second kappa shape index (κ2) is 7.91. The molecule has 0 radical (unpaired) electrons. The van der Waals surface area contributed by atoms with E-state index in [0.717, 1.165) is 11.8 Å². The summed E-state index contributed by atoms with van der Waals surface area (Å²) in [7, 11) is 0. The van der Waals surface area contributed by atoms with Crippen molar-refractivity contribution < 1.29 is 58.2 Å². The molecular weight excluding hydrogens is 182 g/mol. The van der Waals surface area contributed by atoms with Crippen LogP contribution in [-0.2, 0) is 0 Å². The average molecular weight is 199 g/mol. The van der Waals surface area contributed by atoms with Gasteiger partial charge in [0.1, 0.15) is 0 Å². The van der Waals surface area contributed by atoms with Crippen LogP contribution in [-0.4, -0.2) is 0 Å².